The van der Waals surface area contributed by atoms with Gasteiger partial charge in [0.1, 0.15) is 11.0 Å². The van der Waals surface area contributed by atoms with Gasteiger partial charge in [0, 0.05) is 4.92 Å². The second-order valence-electron chi connectivity index (χ2n) is 9.79. The van der Waals surface area contributed by atoms with Crippen LogP contribution in [0.25, 0.3) is 0 Å². The standard InChI is InChI=1S/C28H28N2O5/c1-19-15-16-24-22(17-19)28(21-13-9-6-10-14-21,25(31)30(24)26(32)35-27(2,3)4)23(18-29(33)34)20-11-7-5-8-12-20/h5-17,23H,18H2,1-4H3/t23-,28-/m1/s1. The second-order valence-corrected chi connectivity index (χ2v) is 9.79. The van der Waals surface area contributed by atoms with E-state index in [0.29, 0.717) is 22.4 Å². The number of benzene rings is 3. The van der Waals surface area contributed by atoms with E-state index < -0.39 is 40.4 Å². The Kier molecular flexibility index (Phi) is 6.19. The summed E-state index contributed by atoms with van der Waals surface area (Å²) in [6, 6.07) is 23.4. The molecule has 0 saturated carbocycles. The molecule has 180 valence electrons. The number of amides is 2. The molecule has 4 rings (SSSR count). The predicted octanol–water partition coefficient (Wildman–Crippen LogP) is 5.62. The zero-order valence-corrected chi connectivity index (χ0v) is 20.2. The molecule has 0 spiro atoms. The van der Waals surface area contributed by atoms with Crippen LogP contribution in [0, 0.1) is 17.0 Å². The minimum absolute atomic E-state index is 0.378. The Bertz CT molecular complexity index is 1270. The molecule has 3 aromatic carbocycles. The molecule has 7 heteroatoms. The van der Waals surface area contributed by atoms with Crippen LogP contribution in [0.4, 0.5) is 10.5 Å². The molecular weight excluding hydrogens is 444 g/mol. The Morgan fingerprint density at radius 1 is 1.03 bits per heavy atom. The number of imide groups is 1. The van der Waals surface area contributed by atoms with Crippen molar-refractivity contribution in [3.63, 3.8) is 0 Å². The first-order valence-corrected chi connectivity index (χ1v) is 11.5. The number of anilines is 1. The van der Waals surface area contributed by atoms with Gasteiger partial charge >= 0.3 is 6.09 Å². The van der Waals surface area contributed by atoms with Gasteiger partial charge in [0.25, 0.3) is 5.91 Å². The molecule has 0 N–H and O–H groups in total. The number of nitrogens with zero attached hydrogens (tertiary/aromatic N) is 2. The van der Waals surface area contributed by atoms with Crippen LogP contribution in [0.2, 0.25) is 0 Å². The lowest BCUT2D eigenvalue weighted by molar-refractivity contribution is -0.484. The SMILES string of the molecule is Cc1ccc2c(c1)[C@](c1ccccc1)([C@H](C[N+](=O)[O-])c1ccccc1)C(=O)N2C(=O)OC(C)(C)C. The van der Waals surface area contributed by atoms with Gasteiger partial charge in [-0.1, -0.05) is 78.4 Å². The molecule has 0 radical (unpaired) electrons. The highest BCUT2D eigenvalue weighted by Gasteiger charge is 2.60. The highest BCUT2D eigenvalue weighted by atomic mass is 16.6. The summed E-state index contributed by atoms with van der Waals surface area (Å²) in [5.74, 6) is -1.43. The summed E-state index contributed by atoms with van der Waals surface area (Å²) in [5, 5.41) is 12.0. The van der Waals surface area contributed by atoms with E-state index in [2.05, 4.69) is 0 Å². The zero-order chi connectivity index (χ0) is 25.4. The number of hydrogen-bond donors (Lipinski definition) is 0. The topological polar surface area (TPSA) is 89.8 Å². The van der Waals surface area contributed by atoms with Gasteiger partial charge in [-0.2, -0.15) is 0 Å². The van der Waals surface area contributed by atoms with E-state index in [9.17, 15) is 19.7 Å². The highest BCUT2D eigenvalue weighted by molar-refractivity contribution is 6.23. The summed E-state index contributed by atoms with van der Waals surface area (Å²) in [7, 11) is 0. The molecule has 7 nitrogen and oxygen atoms in total. The van der Waals surface area contributed by atoms with Gasteiger partial charge in [0.05, 0.1) is 11.6 Å². The van der Waals surface area contributed by atoms with Crippen LogP contribution in [0.15, 0.2) is 78.9 Å². The van der Waals surface area contributed by atoms with Crippen molar-refractivity contribution >= 4 is 17.7 Å². The number of carbonyl (C=O) groups is 2. The van der Waals surface area contributed by atoms with E-state index in [1.807, 2.05) is 31.2 Å². The van der Waals surface area contributed by atoms with Crippen molar-refractivity contribution in [2.75, 3.05) is 11.4 Å². The van der Waals surface area contributed by atoms with Gasteiger partial charge < -0.3 is 4.74 Å². The van der Waals surface area contributed by atoms with Gasteiger partial charge in [0.15, 0.2) is 0 Å². The zero-order valence-electron chi connectivity index (χ0n) is 20.2. The van der Waals surface area contributed by atoms with E-state index >= 15 is 0 Å². The fraction of sp³-hybridized carbons (Fsp3) is 0.286. The number of carbonyl (C=O) groups excluding carboxylic acids is 2. The predicted molar refractivity (Wildman–Crippen MR) is 133 cm³/mol. The van der Waals surface area contributed by atoms with Crippen LogP contribution in [0.1, 0.15) is 48.9 Å². The largest absolute Gasteiger partial charge is 0.443 e. The summed E-state index contributed by atoms with van der Waals surface area (Å²) >= 11 is 0. The molecule has 0 fully saturated rings. The quantitative estimate of drug-likeness (QED) is 0.355. The third-order valence-corrected chi connectivity index (χ3v) is 6.22. The molecule has 0 aliphatic carbocycles. The van der Waals surface area contributed by atoms with Crippen molar-refractivity contribution in [1.82, 2.24) is 0 Å². The van der Waals surface area contributed by atoms with Gasteiger partial charge in [-0.15, -0.1) is 0 Å². The van der Waals surface area contributed by atoms with Crippen LogP contribution in [-0.2, 0) is 14.9 Å². The monoisotopic (exact) mass is 472 g/mol. The van der Waals surface area contributed by atoms with Gasteiger partial charge in [-0.3, -0.25) is 14.9 Å². The average Bonchev–Trinajstić information content (AvgIpc) is 3.05. The molecule has 3 aromatic rings. The third-order valence-electron chi connectivity index (χ3n) is 6.22. The summed E-state index contributed by atoms with van der Waals surface area (Å²) in [6.07, 6.45) is -0.807. The Labute approximate surface area is 204 Å². The first-order chi connectivity index (χ1) is 16.6. The highest BCUT2D eigenvalue weighted by Crippen LogP contribution is 2.54. The second kappa shape index (κ2) is 8.98. The Balaban J connectivity index is 2.07. The molecule has 2 atom stereocenters. The summed E-state index contributed by atoms with van der Waals surface area (Å²) in [4.78, 5) is 40.5. The molecule has 0 unspecified atom stereocenters. The fourth-order valence-electron chi connectivity index (χ4n) is 4.90. The van der Waals surface area contributed by atoms with Gasteiger partial charge in [-0.25, -0.2) is 9.69 Å². The molecule has 0 aromatic heterocycles. The number of ether oxygens (including phenoxy) is 1. The van der Waals surface area contributed by atoms with E-state index in [1.165, 1.54) is 0 Å². The maximum Gasteiger partial charge on any atom is 0.421 e. The van der Waals surface area contributed by atoms with Crippen molar-refractivity contribution in [1.29, 1.82) is 0 Å². The van der Waals surface area contributed by atoms with Gasteiger partial charge in [-0.05, 0) is 50.5 Å². The van der Waals surface area contributed by atoms with Crippen LogP contribution in [0.3, 0.4) is 0 Å². The lowest BCUT2D eigenvalue weighted by Crippen LogP contribution is -2.50. The van der Waals surface area contributed by atoms with E-state index in [-0.39, 0.29) is 0 Å². The first-order valence-electron chi connectivity index (χ1n) is 11.5. The lowest BCUT2D eigenvalue weighted by Gasteiger charge is -2.35. The van der Waals surface area contributed by atoms with Gasteiger partial charge in [0.2, 0.25) is 6.54 Å². The van der Waals surface area contributed by atoms with Crippen LogP contribution in [-0.4, -0.2) is 29.1 Å². The maximum atomic E-state index is 14.5. The first kappa shape index (κ1) is 24.1. The van der Waals surface area contributed by atoms with E-state index in [0.717, 1.165) is 10.5 Å². The summed E-state index contributed by atoms with van der Waals surface area (Å²) in [5.41, 5.74) is 0.681. The molecule has 35 heavy (non-hydrogen) atoms. The van der Waals surface area contributed by atoms with E-state index in [4.69, 9.17) is 4.74 Å². The number of rotatable bonds is 5. The van der Waals surface area contributed by atoms with Crippen LogP contribution >= 0.6 is 0 Å². The third kappa shape index (κ3) is 4.30. The van der Waals surface area contributed by atoms with Crippen LogP contribution in [0.5, 0.6) is 0 Å². The van der Waals surface area contributed by atoms with Crippen molar-refractivity contribution in [3.05, 3.63) is 111 Å². The van der Waals surface area contributed by atoms with Crippen molar-refractivity contribution < 1.29 is 19.2 Å². The van der Waals surface area contributed by atoms with Crippen molar-refractivity contribution in [2.45, 2.75) is 44.6 Å². The Hall–Kier alpha value is -4.00. The molecule has 0 saturated heterocycles. The maximum absolute atomic E-state index is 14.5. The Morgan fingerprint density at radius 2 is 1.63 bits per heavy atom. The van der Waals surface area contributed by atoms with Crippen molar-refractivity contribution in [2.24, 2.45) is 0 Å². The minimum atomic E-state index is -1.51. The fourth-order valence-corrected chi connectivity index (χ4v) is 4.90. The number of nitro groups is 1. The summed E-state index contributed by atoms with van der Waals surface area (Å²) < 4.78 is 5.61. The van der Waals surface area contributed by atoms with Crippen molar-refractivity contribution in [3.8, 4) is 0 Å². The average molecular weight is 473 g/mol. The van der Waals surface area contributed by atoms with Crippen LogP contribution < -0.4 is 4.90 Å². The Morgan fingerprint density at radius 3 is 2.20 bits per heavy atom. The molecule has 1 aliphatic rings. The molecule has 1 aliphatic heterocycles. The molecule has 0 bridgehead atoms. The summed E-state index contributed by atoms with van der Waals surface area (Å²) in [6.45, 7) is 6.57. The number of fused-ring (bicyclic) bond motifs is 1. The van der Waals surface area contributed by atoms with E-state index in [1.54, 1.807) is 75.4 Å². The molecule has 1 heterocycles. The lowest BCUT2D eigenvalue weighted by atomic mass is 9.64. The number of hydrogen-bond acceptors (Lipinski definition) is 5. The minimum Gasteiger partial charge on any atom is -0.443 e. The molecule has 2 amide bonds. The smallest absolute Gasteiger partial charge is 0.421 e. The molecular formula is C28H28N2O5. The number of aryl methyl sites for hydroxylation is 1. The normalized spacial score (nSPS) is 18.2.